The lowest BCUT2D eigenvalue weighted by atomic mass is 10.2. The third-order valence-corrected chi connectivity index (χ3v) is 2.16. The van der Waals surface area contributed by atoms with Gasteiger partial charge in [0.15, 0.2) is 0 Å². The van der Waals surface area contributed by atoms with Crippen molar-refractivity contribution in [1.82, 2.24) is 0 Å². The van der Waals surface area contributed by atoms with E-state index in [0.29, 0.717) is 11.6 Å². The van der Waals surface area contributed by atoms with Crippen LogP contribution in [0, 0.1) is 6.92 Å². The van der Waals surface area contributed by atoms with Gasteiger partial charge >= 0.3 is 0 Å². The van der Waals surface area contributed by atoms with Gasteiger partial charge in [0.2, 0.25) is 0 Å². The van der Waals surface area contributed by atoms with E-state index in [0.717, 1.165) is 11.3 Å². The molecule has 13 heavy (non-hydrogen) atoms. The summed E-state index contributed by atoms with van der Waals surface area (Å²) in [5.41, 5.74) is 2.47. The van der Waals surface area contributed by atoms with Crippen LogP contribution in [-0.2, 0) is 0 Å². The molecule has 0 atom stereocenters. The highest BCUT2D eigenvalue weighted by Crippen LogP contribution is 2.21. The molecule has 1 rings (SSSR count). The minimum atomic E-state index is 0.461. The molecule has 0 saturated heterocycles. The van der Waals surface area contributed by atoms with Gasteiger partial charge in [0.1, 0.15) is 12.4 Å². The lowest BCUT2D eigenvalue weighted by molar-refractivity contribution is 0.363. The van der Waals surface area contributed by atoms with Gasteiger partial charge in [0.05, 0.1) is 0 Å². The van der Waals surface area contributed by atoms with Gasteiger partial charge in [-0.1, -0.05) is 29.3 Å². The fraction of sp³-hybridized carbons (Fsp3) is 0.200. The van der Waals surface area contributed by atoms with Gasteiger partial charge in [0, 0.05) is 10.6 Å². The summed E-state index contributed by atoms with van der Waals surface area (Å²) in [5.74, 6) is 0.755. The largest absolute Gasteiger partial charge is 0.489 e. The predicted octanol–water partition coefficient (Wildman–Crippen LogP) is 3.78. The van der Waals surface area contributed by atoms with Crippen molar-refractivity contribution in [3.63, 3.8) is 0 Å². The smallest absolute Gasteiger partial charge is 0.121 e. The van der Waals surface area contributed by atoms with Gasteiger partial charge < -0.3 is 4.74 Å². The molecule has 1 nitrogen and oxygen atoms in total. The summed E-state index contributed by atoms with van der Waals surface area (Å²) in [6, 6.07) is 5.59. The second kappa shape index (κ2) is 5.15. The Balaban J connectivity index is 2.63. The molecule has 0 aliphatic heterocycles. The third-order valence-electron chi connectivity index (χ3n) is 1.58. The lowest BCUT2D eigenvalue weighted by Gasteiger charge is -2.04. The number of hydrogen-bond donors (Lipinski definition) is 0. The second-order valence-electron chi connectivity index (χ2n) is 2.58. The standard InChI is InChI=1S/C10H10Cl2O/c1-8-3-4-9(7-10(8)12)13-6-2-5-11/h2-5,7H,6H2,1H3/b5-2+. The molecule has 0 unspecified atom stereocenters. The van der Waals surface area contributed by atoms with Crippen molar-refractivity contribution in [2.45, 2.75) is 6.92 Å². The van der Waals surface area contributed by atoms with E-state index in [1.165, 1.54) is 5.54 Å². The highest BCUT2D eigenvalue weighted by atomic mass is 35.5. The van der Waals surface area contributed by atoms with Crippen LogP contribution in [0.15, 0.2) is 29.8 Å². The summed E-state index contributed by atoms with van der Waals surface area (Å²) >= 11 is 11.2. The van der Waals surface area contributed by atoms with Crippen molar-refractivity contribution in [3.05, 3.63) is 40.4 Å². The molecule has 0 amide bonds. The van der Waals surface area contributed by atoms with Crippen molar-refractivity contribution in [2.75, 3.05) is 6.61 Å². The minimum absolute atomic E-state index is 0.461. The average molecular weight is 217 g/mol. The highest BCUT2D eigenvalue weighted by molar-refractivity contribution is 6.31. The molecular weight excluding hydrogens is 207 g/mol. The first-order valence-corrected chi connectivity index (χ1v) is 4.69. The Morgan fingerprint density at radius 1 is 1.46 bits per heavy atom. The zero-order chi connectivity index (χ0) is 9.68. The Morgan fingerprint density at radius 3 is 2.85 bits per heavy atom. The van der Waals surface area contributed by atoms with Crippen LogP contribution in [0.2, 0.25) is 5.02 Å². The Hall–Kier alpha value is -0.660. The number of halogens is 2. The Bertz CT molecular complexity index is 308. The normalized spacial score (nSPS) is 10.7. The topological polar surface area (TPSA) is 9.23 Å². The molecule has 70 valence electrons. The molecule has 0 heterocycles. The minimum Gasteiger partial charge on any atom is -0.489 e. The van der Waals surface area contributed by atoms with E-state index >= 15 is 0 Å². The van der Waals surface area contributed by atoms with E-state index in [-0.39, 0.29) is 0 Å². The van der Waals surface area contributed by atoms with E-state index in [9.17, 15) is 0 Å². The zero-order valence-electron chi connectivity index (χ0n) is 7.26. The molecule has 0 N–H and O–H groups in total. The van der Waals surface area contributed by atoms with E-state index in [1.807, 2.05) is 19.1 Å². The summed E-state index contributed by atoms with van der Waals surface area (Å²) in [6.07, 6.45) is 1.72. The van der Waals surface area contributed by atoms with Crippen LogP contribution in [0.4, 0.5) is 0 Å². The third kappa shape index (κ3) is 3.29. The highest BCUT2D eigenvalue weighted by Gasteiger charge is 1.96. The number of benzene rings is 1. The van der Waals surface area contributed by atoms with E-state index < -0.39 is 0 Å². The number of aryl methyl sites for hydroxylation is 1. The van der Waals surface area contributed by atoms with Crippen molar-refractivity contribution in [3.8, 4) is 5.75 Å². The molecule has 1 aromatic carbocycles. The van der Waals surface area contributed by atoms with Crippen molar-refractivity contribution >= 4 is 23.2 Å². The van der Waals surface area contributed by atoms with Crippen LogP contribution in [0.3, 0.4) is 0 Å². The van der Waals surface area contributed by atoms with E-state index in [4.69, 9.17) is 27.9 Å². The molecule has 0 spiro atoms. The molecule has 0 saturated carbocycles. The van der Waals surface area contributed by atoms with Crippen molar-refractivity contribution in [1.29, 1.82) is 0 Å². The first-order chi connectivity index (χ1) is 6.24. The van der Waals surface area contributed by atoms with Crippen LogP contribution in [-0.4, -0.2) is 6.61 Å². The first-order valence-electron chi connectivity index (χ1n) is 3.88. The Labute approximate surface area is 87.9 Å². The maximum atomic E-state index is 5.90. The van der Waals surface area contributed by atoms with Crippen LogP contribution in [0.1, 0.15) is 5.56 Å². The van der Waals surface area contributed by atoms with Gasteiger partial charge in [-0.25, -0.2) is 0 Å². The molecule has 0 aromatic heterocycles. The van der Waals surface area contributed by atoms with Gasteiger partial charge in [-0.15, -0.1) is 0 Å². The van der Waals surface area contributed by atoms with Crippen LogP contribution >= 0.6 is 23.2 Å². The fourth-order valence-corrected chi connectivity index (χ4v) is 1.09. The predicted molar refractivity (Wildman–Crippen MR) is 56.7 cm³/mol. The van der Waals surface area contributed by atoms with Crippen molar-refractivity contribution in [2.24, 2.45) is 0 Å². The SMILES string of the molecule is Cc1ccc(OC/C=C/Cl)cc1Cl. The molecule has 0 aliphatic rings. The van der Waals surface area contributed by atoms with Crippen molar-refractivity contribution < 1.29 is 4.74 Å². The number of ether oxygens (including phenoxy) is 1. The Morgan fingerprint density at radius 2 is 2.23 bits per heavy atom. The molecule has 3 heteroatoms. The maximum Gasteiger partial charge on any atom is 0.121 e. The molecule has 0 bridgehead atoms. The van der Waals surface area contributed by atoms with E-state index in [2.05, 4.69) is 0 Å². The van der Waals surface area contributed by atoms with Crippen LogP contribution < -0.4 is 4.74 Å². The fourth-order valence-electron chi connectivity index (χ4n) is 0.844. The summed E-state index contributed by atoms with van der Waals surface area (Å²) in [4.78, 5) is 0. The Kier molecular flexibility index (Phi) is 4.13. The number of hydrogen-bond acceptors (Lipinski definition) is 1. The van der Waals surface area contributed by atoms with Crippen LogP contribution in [0.25, 0.3) is 0 Å². The molecular formula is C10H10Cl2O. The maximum absolute atomic E-state index is 5.90. The summed E-state index contributed by atoms with van der Waals surface area (Å²) in [6.45, 7) is 2.41. The molecule has 1 aromatic rings. The first kappa shape index (κ1) is 10.4. The number of rotatable bonds is 3. The molecule has 0 radical (unpaired) electrons. The van der Waals surface area contributed by atoms with Crippen LogP contribution in [0.5, 0.6) is 5.75 Å². The van der Waals surface area contributed by atoms with Gasteiger partial charge in [-0.3, -0.25) is 0 Å². The average Bonchev–Trinajstić information content (AvgIpc) is 2.12. The summed E-state index contributed by atoms with van der Waals surface area (Å²) in [5, 5.41) is 0.715. The quantitative estimate of drug-likeness (QED) is 0.748. The van der Waals surface area contributed by atoms with Gasteiger partial charge in [-0.05, 0) is 30.7 Å². The monoisotopic (exact) mass is 216 g/mol. The molecule has 0 fully saturated rings. The van der Waals surface area contributed by atoms with Gasteiger partial charge in [0.25, 0.3) is 0 Å². The second-order valence-corrected chi connectivity index (χ2v) is 3.24. The van der Waals surface area contributed by atoms with Gasteiger partial charge in [-0.2, -0.15) is 0 Å². The lowest BCUT2D eigenvalue weighted by Crippen LogP contribution is -1.92. The van der Waals surface area contributed by atoms with E-state index in [1.54, 1.807) is 12.1 Å². The summed E-state index contributed by atoms with van der Waals surface area (Å²) < 4.78 is 5.33. The molecule has 0 aliphatic carbocycles. The summed E-state index contributed by atoms with van der Waals surface area (Å²) in [7, 11) is 0. The zero-order valence-corrected chi connectivity index (χ0v) is 8.77.